The third-order valence-corrected chi connectivity index (χ3v) is 6.17. The Labute approximate surface area is 139 Å². The summed E-state index contributed by atoms with van der Waals surface area (Å²) in [7, 11) is 0. The third-order valence-electron chi connectivity index (χ3n) is 6.17. The first-order valence-corrected chi connectivity index (χ1v) is 8.95. The van der Waals surface area contributed by atoms with Crippen LogP contribution in [0.3, 0.4) is 0 Å². The van der Waals surface area contributed by atoms with Crippen LogP contribution in [0.2, 0.25) is 0 Å². The Hall–Kier alpha value is -0.320. The van der Waals surface area contributed by atoms with Crippen LogP contribution >= 0.6 is 12.4 Å². The van der Waals surface area contributed by atoms with Crippen LogP contribution in [0, 0.1) is 11.8 Å². The molecule has 5 atom stereocenters. The summed E-state index contributed by atoms with van der Waals surface area (Å²) in [6.45, 7) is 0.888. The standard InChI is InChI=1S/C17H28N2O2.ClH/c20-17(10-11-8-12-4-5-13(9-11)18-12)19-15-2-1-3-16-14(15)6-7-21-16;/h11-16,18H,1-10H2,(H,19,20);1H. The lowest BCUT2D eigenvalue weighted by Crippen LogP contribution is -2.47. The van der Waals surface area contributed by atoms with Gasteiger partial charge in [-0.05, 0) is 57.3 Å². The largest absolute Gasteiger partial charge is 0.378 e. The lowest BCUT2D eigenvalue weighted by Gasteiger charge is -2.34. The van der Waals surface area contributed by atoms with Crippen molar-refractivity contribution < 1.29 is 9.53 Å². The Morgan fingerprint density at radius 2 is 1.86 bits per heavy atom. The molecule has 1 aliphatic carbocycles. The van der Waals surface area contributed by atoms with Crippen molar-refractivity contribution in [1.82, 2.24) is 10.6 Å². The number of rotatable bonds is 3. The second kappa shape index (κ2) is 7.06. The summed E-state index contributed by atoms with van der Waals surface area (Å²) in [5.41, 5.74) is 0. The first kappa shape index (κ1) is 16.5. The molecular weight excluding hydrogens is 300 g/mol. The molecule has 2 N–H and O–H groups in total. The molecule has 126 valence electrons. The highest BCUT2D eigenvalue weighted by atomic mass is 35.5. The van der Waals surface area contributed by atoms with Crippen molar-refractivity contribution in [2.45, 2.75) is 82.0 Å². The van der Waals surface area contributed by atoms with Gasteiger partial charge in [0.25, 0.3) is 0 Å². The zero-order valence-corrected chi connectivity index (χ0v) is 14.1. The minimum Gasteiger partial charge on any atom is -0.378 e. The van der Waals surface area contributed by atoms with Crippen LogP contribution < -0.4 is 10.6 Å². The zero-order valence-electron chi connectivity index (χ0n) is 13.3. The van der Waals surface area contributed by atoms with Gasteiger partial charge in [0.05, 0.1) is 6.10 Å². The van der Waals surface area contributed by atoms with Crippen molar-refractivity contribution in [3.8, 4) is 0 Å². The second-order valence-corrected chi connectivity index (χ2v) is 7.65. The molecule has 5 unspecified atom stereocenters. The normalized spacial score (nSPS) is 43.3. The van der Waals surface area contributed by atoms with Crippen molar-refractivity contribution in [3.63, 3.8) is 0 Å². The molecule has 3 aliphatic heterocycles. The molecule has 4 rings (SSSR count). The summed E-state index contributed by atoms with van der Waals surface area (Å²) < 4.78 is 5.80. The molecule has 22 heavy (non-hydrogen) atoms. The maximum absolute atomic E-state index is 12.4. The van der Waals surface area contributed by atoms with Crippen LogP contribution in [0.5, 0.6) is 0 Å². The van der Waals surface area contributed by atoms with Gasteiger partial charge in [-0.15, -0.1) is 12.4 Å². The van der Waals surface area contributed by atoms with Crippen molar-refractivity contribution in [2.24, 2.45) is 11.8 Å². The SMILES string of the molecule is Cl.O=C(CC1CC2CCC(C1)N2)NC1CCCC2OCCC12. The molecule has 5 heteroatoms. The van der Waals surface area contributed by atoms with Gasteiger partial charge in [-0.1, -0.05) is 0 Å². The second-order valence-electron chi connectivity index (χ2n) is 7.65. The van der Waals surface area contributed by atoms with Gasteiger partial charge in [0.1, 0.15) is 0 Å². The molecule has 0 aromatic rings. The minimum atomic E-state index is 0. The van der Waals surface area contributed by atoms with E-state index in [1.807, 2.05) is 0 Å². The van der Waals surface area contributed by atoms with Gasteiger partial charge in [-0.25, -0.2) is 0 Å². The Morgan fingerprint density at radius 3 is 2.64 bits per heavy atom. The highest BCUT2D eigenvalue weighted by Gasteiger charge is 2.39. The van der Waals surface area contributed by atoms with Gasteiger partial charge in [0, 0.05) is 37.1 Å². The van der Waals surface area contributed by atoms with Gasteiger partial charge in [-0.2, -0.15) is 0 Å². The summed E-state index contributed by atoms with van der Waals surface area (Å²) in [6, 6.07) is 1.74. The molecule has 4 nitrogen and oxygen atoms in total. The van der Waals surface area contributed by atoms with Crippen LogP contribution in [0.25, 0.3) is 0 Å². The van der Waals surface area contributed by atoms with Crippen LogP contribution in [-0.4, -0.2) is 36.7 Å². The lowest BCUT2D eigenvalue weighted by atomic mass is 9.81. The quantitative estimate of drug-likeness (QED) is 0.836. The van der Waals surface area contributed by atoms with Crippen molar-refractivity contribution in [2.75, 3.05) is 6.61 Å². The van der Waals surface area contributed by atoms with Gasteiger partial charge in [0.15, 0.2) is 0 Å². The van der Waals surface area contributed by atoms with Crippen molar-refractivity contribution in [1.29, 1.82) is 0 Å². The number of nitrogens with one attached hydrogen (secondary N) is 2. The summed E-state index contributed by atoms with van der Waals surface area (Å²) in [5.74, 6) is 1.47. The fourth-order valence-electron chi connectivity index (χ4n) is 5.22. The summed E-state index contributed by atoms with van der Waals surface area (Å²) in [4.78, 5) is 12.4. The van der Waals surface area contributed by atoms with E-state index in [4.69, 9.17) is 4.74 Å². The summed E-state index contributed by atoms with van der Waals surface area (Å²) in [6.07, 6.45) is 10.8. The smallest absolute Gasteiger partial charge is 0.220 e. The van der Waals surface area contributed by atoms with Gasteiger partial charge in [0.2, 0.25) is 5.91 Å². The Morgan fingerprint density at radius 1 is 1.09 bits per heavy atom. The number of ether oxygens (including phenoxy) is 1. The van der Waals surface area contributed by atoms with Crippen LogP contribution in [0.4, 0.5) is 0 Å². The lowest BCUT2D eigenvalue weighted by molar-refractivity contribution is -0.123. The minimum absolute atomic E-state index is 0. The predicted octanol–water partition coefficient (Wildman–Crippen LogP) is 2.40. The summed E-state index contributed by atoms with van der Waals surface area (Å²) >= 11 is 0. The van der Waals surface area contributed by atoms with E-state index in [9.17, 15) is 4.79 Å². The number of carbonyl (C=O) groups is 1. The number of halogens is 1. The van der Waals surface area contributed by atoms with E-state index in [1.54, 1.807) is 0 Å². The van der Waals surface area contributed by atoms with E-state index in [0.717, 1.165) is 25.9 Å². The van der Waals surface area contributed by atoms with E-state index >= 15 is 0 Å². The van der Waals surface area contributed by atoms with E-state index in [0.29, 0.717) is 42.0 Å². The van der Waals surface area contributed by atoms with Crippen molar-refractivity contribution >= 4 is 18.3 Å². The van der Waals surface area contributed by atoms with E-state index in [-0.39, 0.29) is 12.4 Å². The summed E-state index contributed by atoms with van der Waals surface area (Å²) in [5, 5.41) is 7.01. The Balaban J connectivity index is 0.00000144. The average molecular weight is 329 g/mol. The van der Waals surface area contributed by atoms with E-state index < -0.39 is 0 Å². The zero-order chi connectivity index (χ0) is 14.2. The molecular formula is C17H29ClN2O2. The van der Waals surface area contributed by atoms with E-state index in [1.165, 1.54) is 38.5 Å². The fourth-order valence-corrected chi connectivity index (χ4v) is 5.22. The number of carbonyl (C=O) groups excluding carboxylic acids is 1. The molecule has 3 heterocycles. The molecule has 0 aromatic carbocycles. The number of amides is 1. The molecule has 0 aromatic heterocycles. The molecule has 0 radical (unpaired) electrons. The molecule has 2 bridgehead atoms. The molecule has 4 fully saturated rings. The average Bonchev–Trinajstić information content (AvgIpc) is 3.06. The Kier molecular flexibility index (Phi) is 5.31. The first-order valence-electron chi connectivity index (χ1n) is 8.95. The molecule has 1 amide bonds. The number of piperidine rings is 1. The molecule has 1 saturated carbocycles. The van der Waals surface area contributed by atoms with Gasteiger partial charge in [-0.3, -0.25) is 4.79 Å². The predicted molar refractivity (Wildman–Crippen MR) is 88.2 cm³/mol. The number of fused-ring (bicyclic) bond motifs is 3. The topological polar surface area (TPSA) is 50.4 Å². The third kappa shape index (κ3) is 3.44. The number of hydrogen-bond acceptors (Lipinski definition) is 3. The fraction of sp³-hybridized carbons (Fsp3) is 0.941. The first-order chi connectivity index (χ1) is 10.3. The highest BCUT2D eigenvalue weighted by molar-refractivity contribution is 5.85. The highest BCUT2D eigenvalue weighted by Crippen LogP contribution is 2.35. The molecule has 0 spiro atoms. The van der Waals surface area contributed by atoms with Crippen LogP contribution in [0.1, 0.15) is 57.8 Å². The maximum atomic E-state index is 12.4. The number of hydrogen-bond donors (Lipinski definition) is 2. The van der Waals surface area contributed by atoms with Gasteiger partial charge < -0.3 is 15.4 Å². The van der Waals surface area contributed by atoms with E-state index in [2.05, 4.69) is 10.6 Å². The van der Waals surface area contributed by atoms with Crippen LogP contribution in [-0.2, 0) is 9.53 Å². The molecule has 4 aliphatic rings. The maximum Gasteiger partial charge on any atom is 0.220 e. The van der Waals surface area contributed by atoms with Gasteiger partial charge >= 0.3 is 0 Å². The monoisotopic (exact) mass is 328 g/mol. The van der Waals surface area contributed by atoms with Crippen molar-refractivity contribution in [3.05, 3.63) is 0 Å². The van der Waals surface area contributed by atoms with Crippen LogP contribution in [0.15, 0.2) is 0 Å². The Bertz CT molecular complexity index is 394. The molecule has 3 saturated heterocycles.